The lowest BCUT2D eigenvalue weighted by atomic mass is 10.00. The average molecular weight is 547 g/mol. The minimum atomic E-state index is -1.32. The molecule has 12 heteroatoms. The number of carboxylic acid groups (broad SMARTS) is 1. The quantitative estimate of drug-likeness (QED) is 0.165. The predicted molar refractivity (Wildman–Crippen MR) is 144 cm³/mol. The molecule has 0 aliphatic rings. The summed E-state index contributed by atoms with van der Waals surface area (Å²) >= 11 is 4.00. The molecule has 2 aromatic rings. The zero-order valence-corrected chi connectivity index (χ0v) is 22.0. The van der Waals surface area contributed by atoms with Crippen molar-refractivity contribution in [3.05, 3.63) is 59.7 Å². The molecule has 2 rings (SSSR count). The number of phenols is 2. The number of nitrogens with two attached hydrogens (primary N) is 1. The molecular weight excluding hydrogens is 512 g/mol. The Morgan fingerprint density at radius 2 is 1.21 bits per heavy atom. The number of carbonyl (C=O) groups excluding carboxylic acids is 3. The number of aromatic hydroxyl groups is 2. The van der Waals surface area contributed by atoms with Crippen molar-refractivity contribution in [1.29, 1.82) is 0 Å². The Labute approximate surface area is 226 Å². The Kier molecular flexibility index (Phi) is 11.4. The van der Waals surface area contributed by atoms with Crippen LogP contribution in [0.25, 0.3) is 0 Å². The van der Waals surface area contributed by atoms with E-state index in [9.17, 15) is 34.5 Å². The molecule has 206 valence electrons. The summed E-state index contributed by atoms with van der Waals surface area (Å²) in [6, 6.07) is 7.41. The molecule has 0 spiro atoms. The van der Waals surface area contributed by atoms with Crippen LogP contribution in [0.15, 0.2) is 48.5 Å². The minimum absolute atomic E-state index is 0.0155. The molecule has 0 bridgehead atoms. The lowest BCUT2D eigenvalue weighted by molar-refractivity contribution is -0.142. The van der Waals surface area contributed by atoms with E-state index in [2.05, 4.69) is 28.6 Å². The number of carbonyl (C=O) groups is 4. The van der Waals surface area contributed by atoms with Crippen molar-refractivity contribution in [3.63, 3.8) is 0 Å². The normalized spacial score (nSPS) is 14.1. The molecule has 4 unspecified atom stereocenters. The molecule has 0 saturated heterocycles. The molecular formula is C26H34N4O7S. The number of carboxylic acids is 1. The zero-order valence-electron chi connectivity index (χ0n) is 21.1. The van der Waals surface area contributed by atoms with Crippen molar-refractivity contribution >= 4 is 36.3 Å². The molecule has 0 fully saturated rings. The van der Waals surface area contributed by atoms with Crippen LogP contribution < -0.4 is 21.7 Å². The highest BCUT2D eigenvalue weighted by atomic mass is 32.1. The molecule has 8 N–H and O–H groups in total. The van der Waals surface area contributed by atoms with Crippen LogP contribution in [-0.4, -0.2) is 68.9 Å². The molecule has 11 nitrogen and oxygen atoms in total. The smallest absolute Gasteiger partial charge is 0.326 e. The Morgan fingerprint density at radius 1 is 0.763 bits per heavy atom. The summed E-state index contributed by atoms with van der Waals surface area (Å²) in [5.74, 6) is -3.51. The van der Waals surface area contributed by atoms with Gasteiger partial charge in [-0.3, -0.25) is 14.4 Å². The largest absolute Gasteiger partial charge is 0.508 e. The fraction of sp³-hybridized carbons (Fsp3) is 0.385. The fourth-order valence-corrected chi connectivity index (χ4v) is 3.72. The van der Waals surface area contributed by atoms with Gasteiger partial charge in [-0.2, -0.15) is 12.6 Å². The second-order valence-corrected chi connectivity index (χ2v) is 9.59. The van der Waals surface area contributed by atoms with Crippen LogP contribution in [0.1, 0.15) is 25.0 Å². The third-order valence-electron chi connectivity index (χ3n) is 5.78. The van der Waals surface area contributed by atoms with E-state index in [1.807, 2.05) is 0 Å². The number of phenolic OH excluding ortho intramolecular Hbond substituents is 2. The molecule has 0 aliphatic carbocycles. The van der Waals surface area contributed by atoms with Gasteiger partial charge in [-0.15, -0.1) is 0 Å². The number of nitrogens with one attached hydrogen (secondary N) is 3. The van der Waals surface area contributed by atoms with Gasteiger partial charge in [0, 0.05) is 18.6 Å². The summed E-state index contributed by atoms with van der Waals surface area (Å²) in [6.07, 6.45) is -0.0775. The molecule has 0 aliphatic heterocycles. The van der Waals surface area contributed by atoms with E-state index in [1.165, 1.54) is 24.3 Å². The van der Waals surface area contributed by atoms with Crippen molar-refractivity contribution in [2.75, 3.05) is 5.75 Å². The summed E-state index contributed by atoms with van der Waals surface area (Å²) in [5, 5.41) is 36.4. The van der Waals surface area contributed by atoms with Gasteiger partial charge < -0.3 is 37.0 Å². The van der Waals surface area contributed by atoms with Gasteiger partial charge in [0.05, 0.1) is 6.04 Å². The first kappa shape index (κ1) is 30.5. The highest BCUT2D eigenvalue weighted by Gasteiger charge is 2.31. The zero-order chi connectivity index (χ0) is 28.4. The van der Waals surface area contributed by atoms with Gasteiger partial charge in [-0.25, -0.2) is 4.79 Å². The monoisotopic (exact) mass is 546 g/mol. The number of benzene rings is 2. The fourth-order valence-electron chi connectivity index (χ4n) is 3.56. The number of amides is 3. The van der Waals surface area contributed by atoms with Gasteiger partial charge in [0.25, 0.3) is 0 Å². The van der Waals surface area contributed by atoms with Crippen LogP contribution >= 0.6 is 12.6 Å². The molecule has 2 aromatic carbocycles. The number of hydrogen-bond acceptors (Lipinski definition) is 8. The van der Waals surface area contributed by atoms with Gasteiger partial charge in [-0.1, -0.05) is 38.1 Å². The van der Waals surface area contributed by atoms with Crippen molar-refractivity contribution in [3.8, 4) is 11.5 Å². The average Bonchev–Trinajstić information content (AvgIpc) is 2.87. The molecule has 0 radical (unpaired) electrons. The maximum absolute atomic E-state index is 13.3. The highest BCUT2D eigenvalue weighted by molar-refractivity contribution is 7.80. The van der Waals surface area contributed by atoms with Crippen molar-refractivity contribution in [2.45, 2.75) is 50.9 Å². The van der Waals surface area contributed by atoms with Crippen molar-refractivity contribution in [2.24, 2.45) is 11.7 Å². The van der Waals surface area contributed by atoms with E-state index in [-0.39, 0.29) is 36.0 Å². The lowest BCUT2D eigenvalue weighted by Crippen LogP contribution is -2.59. The lowest BCUT2D eigenvalue weighted by Gasteiger charge is -2.27. The van der Waals surface area contributed by atoms with Crippen LogP contribution in [0, 0.1) is 5.92 Å². The summed E-state index contributed by atoms with van der Waals surface area (Å²) in [5.41, 5.74) is 6.87. The molecule has 3 amide bonds. The Balaban J connectivity index is 2.26. The molecule has 38 heavy (non-hydrogen) atoms. The number of aliphatic carboxylic acids is 1. The van der Waals surface area contributed by atoms with Crippen LogP contribution in [-0.2, 0) is 32.0 Å². The summed E-state index contributed by atoms with van der Waals surface area (Å²) in [6.45, 7) is 3.42. The number of hydrogen-bond donors (Lipinski definition) is 8. The topological polar surface area (TPSA) is 191 Å². The number of thiol groups is 1. The second kappa shape index (κ2) is 14.2. The first-order chi connectivity index (χ1) is 17.9. The predicted octanol–water partition coefficient (Wildman–Crippen LogP) is 0.335. The third kappa shape index (κ3) is 9.27. The maximum atomic E-state index is 13.3. The second-order valence-electron chi connectivity index (χ2n) is 9.22. The van der Waals surface area contributed by atoms with Gasteiger partial charge >= 0.3 is 5.97 Å². The summed E-state index contributed by atoms with van der Waals surface area (Å²) in [7, 11) is 0. The Morgan fingerprint density at radius 3 is 1.63 bits per heavy atom. The molecule has 0 heterocycles. The first-order valence-electron chi connectivity index (χ1n) is 12.0. The van der Waals surface area contributed by atoms with E-state index in [0.29, 0.717) is 11.1 Å². The van der Waals surface area contributed by atoms with Gasteiger partial charge in [-0.05, 0) is 41.3 Å². The molecule has 4 atom stereocenters. The van der Waals surface area contributed by atoms with E-state index in [1.54, 1.807) is 38.1 Å². The summed E-state index contributed by atoms with van der Waals surface area (Å²) < 4.78 is 0. The van der Waals surface area contributed by atoms with Gasteiger partial charge in [0.2, 0.25) is 17.7 Å². The highest BCUT2D eigenvalue weighted by Crippen LogP contribution is 2.14. The van der Waals surface area contributed by atoms with Gasteiger partial charge in [0.15, 0.2) is 0 Å². The van der Waals surface area contributed by atoms with Crippen molar-refractivity contribution < 1.29 is 34.5 Å². The first-order valence-corrected chi connectivity index (χ1v) is 12.6. The summed E-state index contributed by atoms with van der Waals surface area (Å²) in [4.78, 5) is 50.7. The van der Waals surface area contributed by atoms with Gasteiger partial charge in [0.1, 0.15) is 29.6 Å². The Bertz CT molecular complexity index is 1110. The Hall–Kier alpha value is -3.77. The van der Waals surface area contributed by atoms with Crippen molar-refractivity contribution in [1.82, 2.24) is 16.0 Å². The SMILES string of the molecule is CC(C)C(NC(=O)C(N)CS)C(=O)NC(Cc1ccc(O)cc1)C(=O)NC(Cc1ccc(O)cc1)C(=O)O. The van der Waals surface area contributed by atoms with E-state index in [0.717, 1.165) is 0 Å². The van der Waals surface area contributed by atoms with Crippen LogP contribution in [0.2, 0.25) is 0 Å². The van der Waals surface area contributed by atoms with Crippen LogP contribution in [0.4, 0.5) is 0 Å². The van der Waals surface area contributed by atoms with Crippen LogP contribution in [0.5, 0.6) is 11.5 Å². The third-order valence-corrected chi connectivity index (χ3v) is 6.17. The molecule has 0 saturated carbocycles. The standard InChI is InChI=1S/C26H34N4O7S/c1-14(2)22(30-23(33)19(27)13-38)25(35)28-20(11-15-3-7-17(31)8-4-15)24(34)29-21(26(36)37)12-16-5-9-18(32)10-6-16/h3-10,14,19-22,31-32,38H,11-13,27H2,1-2H3,(H,28,35)(H,29,34)(H,30,33)(H,36,37). The van der Waals surface area contributed by atoms with E-state index >= 15 is 0 Å². The molecule has 0 aromatic heterocycles. The number of rotatable bonds is 13. The maximum Gasteiger partial charge on any atom is 0.326 e. The van der Waals surface area contributed by atoms with Crippen LogP contribution in [0.3, 0.4) is 0 Å². The van der Waals surface area contributed by atoms with E-state index < -0.39 is 47.9 Å². The van der Waals surface area contributed by atoms with E-state index in [4.69, 9.17) is 5.73 Å². The minimum Gasteiger partial charge on any atom is -0.508 e.